The molecule has 0 aromatic heterocycles. The van der Waals surface area contributed by atoms with Crippen molar-refractivity contribution in [2.75, 3.05) is 33.7 Å². The zero-order chi connectivity index (χ0) is 14.8. The predicted molar refractivity (Wildman–Crippen MR) is 75.3 cm³/mol. The maximum Gasteiger partial charge on any atom is 0.326 e. The Kier molecular flexibility index (Phi) is 8.95. The normalized spacial score (nSPS) is 12.3. The van der Waals surface area contributed by atoms with E-state index in [0.29, 0.717) is 19.5 Å². The summed E-state index contributed by atoms with van der Waals surface area (Å²) in [5.74, 6) is -0.973. The van der Waals surface area contributed by atoms with Crippen LogP contribution in [-0.4, -0.2) is 66.7 Å². The molecule has 0 aliphatic rings. The fraction of sp³-hybridized carbons (Fsp3) is 0.846. The minimum Gasteiger partial charge on any atom is -0.480 e. The molecule has 112 valence electrons. The molecule has 0 fully saturated rings. The van der Waals surface area contributed by atoms with Crippen molar-refractivity contribution < 1.29 is 14.7 Å². The third-order valence-electron chi connectivity index (χ3n) is 2.77. The lowest BCUT2D eigenvalue weighted by Crippen LogP contribution is -2.49. The van der Waals surface area contributed by atoms with Crippen LogP contribution in [0.15, 0.2) is 0 Å². The van der Waals surface area contributed by atoms with Gasteiger partial charge in [-0.2, -0.15) is 0 Å². The van der Waals surface area contributed by atoms with E-state index in [-0.39, 0.29) is 6.03 Å². The van der Waals surface area contributed by atoms with Crippen molar-refractivity contribution in [2.24, 2.45) is 0 Å². The van der Waals surface area contributed by atoms with Crippen LogP contribution < -0.4 is 5.32 Å². The lowest BCUT2D eigenvalue weighted by Gasteiger charge is -2.26. The van der Waals surface area contributed by atoms with Crippen LogP contribution in [-0.2, 0) is 4.79 Å². The highest BCUT2D eigenvalue weighted by molar-refractivity contribution is 5.82. The van der Waals surface area contributed by atoms with Gasteiger partial charge in [-0.05, 0) is 26.9 Å². The lowest BCUT2D eigenvalue weighted by atomic mass is 10.2. The van der Waals surface area contributed by atoms with Gasteiger partial charge >= 0.3 is 12.0 Å². The van der Waals surface area contributed by atoms with Crippen molar-refractivity contribution in [1.82, 2.24) is 15.1 Å². The van der Waals surface area contributed by atoms with Gasteiger partial charge in [0.2, 0.25) is 0 Å². The van der Waals surface area contributed by atoms with Crippen LogP contribution in [0.3, 0.4) is 0 Å². The summed E-state index contributed by atoms with van der Waals surface area (Å²) in [5.41, 5.74) is 0. The first-order valence-corrected chi connectivity index (χ1v) is 6.85. The van der Waals surface area contributed by atoms with Crippen molar-refractivity contribution in [3.8, 4) is 0 Å². The number of hydrogen-bond acceptors (Lipinski definition) is 3. The fourth-order valence-electron chi connectivity index (χ4n) is 1.69. The van der Waals surface area contributed by atoms with Crippen molar-refractivity contribution in [2.45, 2.75) is 39.2 Å². The standard InChI is InChI=1S/C13H27N3O3/c1-5-7-11(12(17)18)14-13(19)16(8-6-2)10-9-15(3)4/h11H,5-10H2,1-4H3,(H,14,19)(H,17,18). The highest BCUT2D eigenvalue weighted by atomic mass is 16.4. The average Bonchev–Trinajstić information content (AvgIpc) is 2.33. The summed E-state index contributed by atoms with van der Waals surface area (Å²) in [6, 6.07) is -1.08. The number of carboxylic acids is 1. The van der Waals surface area contributed by atoms with Crippen LogP contribution in [0.25, 0.3) is 0 Å². The van der Waals surface area contributed by atoms with Gasteiger partial charge < -0.3 is 20.2 Å². The fourth-order valence-corrected chi connectivity index (χ4v) is 1.69. The number of nitrogens with one attached hydrogen (secondary N) is 1. The van der Waals surface area contributed by atoms with Crippen molar-refractivity contribution in [1.29, 1.82) is 0 Å². The Bertz CT molecular complexity index is 282. The number of hydrogen-bond donors (Lipinski definition) is 2. The summed E-state index contributed by atoms with van der Waals surface area (Å²) in [6.45, 7) is 5.90. The molecular weight excluding hydrogens is 246 g/mol. The van der Waals surface area contributed by atoms with E-state index < -0.39 is 12.0 Å². The molecule has 0 aliphatic carbocycles. The van der Waals surface area contributed by atoms with Crippen molar-refractivity contribution in [3.63, 3.8) is 0 Å². The number of nitrogens with zero attached hydrogens (tertiary/aromatic N) is 2. The van der Waals surface area contributed by atoms with E-state index in [2.05, 4.69) is 5.32 Å². The second-order valence-corrected chi connectivity index (χ2v) is 4.92. The number of likely N-dealkylation sites (N-methyl/N-ethyl adjacent to an activating group) is 1. The minimum absolute atomic E-state index is 0.287. The van der Waals surface area contributed by atoms with Crippen LogP contribution in [0, 0.1) is 0 Å². The van der Waals surface area contributed by atoms with Crippen LogP contribution in [0.2, 0.25) is 0 Å². The van der Waals surface area contributed by atoms with Gasteiger partial charge in [-0.15, -0.1) is 0 Å². The average molecular weight is 273 g/mol. The molecule has 0 aromatic carbocycles. The Labute approximate surface area is 115 Å². The number of carbonyl (C=O) groups excluding carboxylic acids is 1. The zero-order valence-electron chi connectivity index (χ0n) is 12.5. The summed E-state index contributed by atoms with van der Waals surface area (Å²) in [5, 5.41) is 11.6. The first-order chi connectivity index (χ1) is 8.92. The molecule has 6 nitrogen and oxygen atoms in total. The second kappa shape index (κ2) is 9.61. The number of urea groups is 1. The Balaban J connectivity index is 4.47. The van der Waals surface area contributed by atoms with Crippen LogP contribution in [0.5, 0.6) is 0 Å². The molecule has 0 saturated carbocycles. The molecule has 0 rings (SSSR count). The number of rotatable bonds is 9. The summed E-state index contributed by atoms with van der Waals surface area (Å²) in [4.78, 5) is 26.8. The number of carboxylic acid groups (broad SMARTS) is 1. The van der Waals surface area contributed by atoms with E-state index in [4.69, 9.17) is 5.11 Å². The minimum atomic E-state index is -0.973. The van der Waals surface area contributed by atoms with Crippen LogP contribution in [0.4, 0.5) is 4.79 Å². The first-order valence-electron chi connectivity index (χ1n) is 6.85. The first kappa shape index (κ1) is 17.7. The van der Waals surface area contributed by atoms with Gasteiger partial charge in [0.05, 0.1) is 0 Å². The summed E-state index contributed by atoms with van der Waals surface area (Å²) in [7, 11) is 3.89. The third-order valence-corrected chi connectivity index (χ3v) is 2.77. The molecule has 0 heterocycles. The van der Waals surface area contributed by atoms with E-state index in [1.54, 1.807) is 4.90 Å². The Morgan fingerprint density at radius 2 is 1.74 bits per heavy atom. The van der Waals surface area contributed by atoms with E-state index in [0.717, 1.165) is 19.4 Å². The smallest absolute Gasteiger partial charge is 0.326 e. The van der Waals surface area contributed by atoms with E-state index >= 15 is 0 Å². The van der Waals surface area contributed by atoms with Crippen molar-refractivity contribution in [3.05, 3.63) is 0 Å². The van der Waals surface area contributed by atoms with Gasteiger partial charge in [0.1, 0.15) is 6.04 Å². The SMILES string of the molecule is CCCC(NC(=O)N(CCC)CCN(C)C)C(=O)O. The molecule has 1 unspecified atom stereocenters. The monoisotopic (exact) mass is 273 g/mol. The van der Waals surface area contributed by atoms with Crippen molar-refractivity contribution >= 4 is 12.0 Å². The molecular formula is C13H27N3O3. The maximum atomic E-state index is 12.1. The van der Waals surface area contributed by atoms with Gasteiger partial charge in [0.25, 0.3) is 0 Å². The molecule has 2 amide bonds. The Hall–Kier alpha value is -1.30. The summed E-state index contributed by atoms with van der Waals surface area (Å²) >= 11 is 0. The zero-order valence-corrected chi connectivity index (χ0v) is 12.5. The molecule has 1 atom stereocenters. The van der Waals surface area contributed by atoms with Gasteiger partial charge in [-0.1, -0.05) is 20.3 Å². The third kappa shape index (κ3) is 7.66. The van der Waals surface area contributed by atoms with E-state index in [9.17, 15) is 9.59 Å². The highest BCUT2D eigenvalue weighted by Gasteiger charge is 2.21. The lowest BCUT2D eigenvalue weighted by molar-refractivity contribution is -0.139. The second-order valence-electron chi connectivity index (χ2n) is 4.92. The summed E-state index contributed by atoms with van der Waals surface area (Å²) < 4.78 is 0. The molecule has 0 aromatic rings. The topological polar surface area (TPSA) is 72.9 Å². The Morgan fingerprint density at radius 1 is 1.11 bits per heavy atom. The van der Waals surface area contributed by atoms with Crippen LogP contribution in [0.1, 0.15) is 33.1 Å². The van der Waals surface area contributed by atoms with E-state index in [1.165, 1.54) is 0 Å². The number of aliphatic carboxylic acids is 1. The number of amides is 2. The summed E-state index contributed by atoms with van der Waals surface area (Å²) in [6.07, 6.45) is 2.03. The molecule has 19 heavy (non-hydrogen) atoms. The van der Waals surface area contributed by atoms with Crippen LogP contribution >= 0.6 is 0 Å². The molecule has 0 saturated heterocycles. The molecule has 0 aliphatic heterocycles. The van der Waals surface area contributed by atoms with Gasteiger partial charge in [0.15, 0.2) is 0 Å². The highest BCUT2D eigenvalue weighted by Crippen LogP contribution is 2.00. The molecule has 6 heteroatoms. The predicted octanol–water partition coefficient (Wildman–Crippen LogP) is 1.22. The molecule has 0 radical (unpaired) electrons. The maximum absolute atomic E-state index is 12.1. The molecule has 0 bridgehead atoms. The largest absolute Gasteiger partial charge is 0.480 e. The number of carbonyl (C=O) groups is 2. The quantitative estimate of drug-likeness (QED) is 0.662. The van der Waals surface area contributed by atoms with E-state index in [1.807, 2.05) is 32.8 Å². The van der Waals surface area contributed by atoms with Gasteiger partial charge in [0, 0.05) is 19.6 Å². The van der Waals surface area contributed by atoms with Gasteiger partial charge in [-0.25, -0.2) is 9.59 Å². The van der Waals surface area contributed by atoms with Gasteiger partial charge in [-0.3, -0.25) is 0 Å². The molecule has 0 spiro atoms. The Morgan fingerprint density at radius 3 is 2.16 bits per heavy atom. The molecule has 2 N–H and O–H groups in total.